The van der Waals surface area contributed by atoms with Gasteiger partial charge >= 0.3 is 6.18 Å². The Balaban J connectivity index is 2.55. The highest BCUT2D eigenvalue weighted by Gasteiger charge is 2.39. The van der Waals surface area contributed by atoms with Crippen LogP contribution in [0.3, 0.4) is 0 Å². The van der Waals surface area contributed by atoms with Gasteiger partial charge in [0.15, 0.2) is 6.30 Å². The Hall–Kier alpha value is -0.580. The molecule has 5 heteroatoms. The Bertz CT molecular complexity index is 205. The molecule has 1 aliphatic heterocycles. The van der Waals surface area contributed by atoms with Crippen LogP contribution >= 0.6 is 0 Å². The van der Waals surface area contributed by atoms with Crippen molar-refractivity contribution in [2.45, 2.75) is 31.7 Å². The van der Waals surface area contributed by atoms with Crippen LogP contribution in [-0.2, 0) is 0 Å². The lowest BCUT2D eigenvalue weighted by Gasteiger charge is -2.31. The lowest BCUT2D eigenvalue weighted by atomic mass is 10.1. The van der Waals surface area contributed by atoms with Gasteiger partial charge in [-0.2, -0.15) is 13.2 Å². The van der Waals surface area contributed by atoms with Gasteiger partial charge in [0, 0.05) is 13.1 Å². The van der Waals surface area contributed by atoms with Crippen molar-refractivity contribution < 1.29 is 17.6 Å². The summed E-state index contributed by atoms with van der Waals surface area (Å²) in [5.41, 5.74) is -1.29. The van der Waals surface area contributed by atoms with E-state index in [2.05, 4.69) is 6.58 Å². The molecule has 0 saturated carbocycles. The molecule has 0 aromatic rings. The molecule has 0 spiro atoms. The molecule has 0 amide bonds. The van der Waals surface area contributed by atoms with Crippen LogP contribution in [-0.4, -0.2) is 30.5 Å². The second kappa shape index (κ2) is 4.29. The molecular weight excluding hydrogens is 198 g/mol. The zero-order valence-electron chi connectivity index (χ0n) is 7.78. The van der Waals surface area contributed by atoms with E-state index in [1.807, 2.05) is 0 Å². The monoisotopic (exact) mass is 211 g/mol. The zero-order chi connectivity index (χ0) is 10.8. The summed E-state index contributed by atoms with van der Waals surface area (Å²) in [6, 6.07) is 0. The maximum atomic E-state index is 13.3. The normalized spacial score (nSPS) is 22.0. The standard InChI is InChI=1S/C9H13F4N/c1-7(9(11,12)13)8(10)14-5-3-2-4-6-14/h8H,1-6H2/t8-/m0/s1. The summed E-state index contributed by atoms with van der Waals surface area (Å²) in [5.74, 6) is 0. The molecule has 1 saturated heterocycles. The minimum Gasteiger partial charge on any atom is -0.270 e. The van der Waals surface area contributed by atoms with Crippen LogP contribution < -0.4 is 0 Å². The van der Waals surface area contributed by atoms with Crippen molar-refractivity contribution in [1.82, 2.24) is 4.90 Å². The van der Waals surface area contributed by atoms with Crippen molar-refractivity contribution in [2.24, 2.45) is 0 Å². The molecule has 14 heavy (non-hydrogen) atoms. The molecular formula is C9H13F4N. The van der Waals surface area contributed by atoms with Crippen LogP contribution in [0.1, 0.15) is 19.3 Å². The number of alkyl halides is 4. The highest BCUT2D eigenvalue weighted by atomic mass is 19.4. The van der Waals surface area contributed by atoms with E-state index in [-0.39, 0.29) is 0 Å². The third-order valence-electron chi connectivity index (χ3n) is 2.36. The summed E-state index contributed by atoms with van der Waals surface area (Å²) in [5, 5.41) is 0. The van der Waals surface area contributed by atoms with E-state index < -0.39 is 18.0 Å². The van der Waals surface area contributed by atoms with Crippen LogP contribution in [0.15, 0.2) is 12.2 Å². The molecule has 0 aliphatic carbocycles. The Morgan fingerprint density at radius 3 is 2.07 bits per heavy atom. The van der Waals surface area contributed by atoms with Gasteiger partial charge in [-0.25, -0.2) is 4.39 Å². The van der Waals surface area contributed by atoms with Crippen LogP contribution in [0.2, 0.25) is 0 Å². The number of nitrogens with zero attached hydrogens (tertiary/aromatic N) is 1. The van der Waals surface area contributed by atoms with Crippen molar-refractivity contribution in [3.8, 4) is 0 Å². The van der Waals surface area contributed by atoms with Gasteiger partial charge in [-0.3, -0.25) is 4.90 Å². The highest BCUT2D eigenvalue weighted by molar-refractivity contribution is 5.08. The first-order valence-electron chi connectivity index (χ1n) is 4.57. The molecule has 0 N–H and O–H groups in total. The zero-order valence-corrected chi connectivity index (χ0v) is 7.78. The number of hydrogen-bond donors (Lipinski definition) is 0. The van der Waals surface area contributed by atoms with Gasteiger partial charge in [-0.05, 0) is 12.8 Å². The third kappa shape index (κ3) is 2.70. The molecule has 0 aromatic heterocycles. The SMILES string of the molecule is C=C([C@@H](F)N1CCCCC1)C(F)(F)F. The average Bonchev–Trinajstić information content (AvgIpc) is 2.15. The van der Waals surface area contributed by atoms with Crippen molar-refractivity contribution in [3.05, 3.63) is 12.2 Å². The number of hydrogen-bond acceptors (Lipinski definition) is 1. The van der Waals surface area contributed by atoms with E-state index in [4.69, 9.17) is 0 Å². The second-order valence-electron chi connectivity index (χ2n) is 3.46. The number of piperidine rings is 1. The fourth-order valence-corrected chi connectivity index (χ4v) is 1.50. The molecule has 1 heterocycles. The summed E-state index contributed by atoms with van der Waals surface area (Å²) < 4.78 is 49.5. The van der Waals surface area contributed by atoms with Crippen LogP contribution in [0.5, 0.6) is 0 Å². The minimum absolute atomic E-state index is 0.385. The Morgan fingerprint density at radius 1 is 1.14 bits per heavy atom. The lowest BCUT2D eigenvalue weighted by molar-refractivity contribution is -0.111. The highest BCUT2D eigenvalue weighted by Crippen LogP contribution is 2.30. The maximum Gasteiger partial charge on any atom is 0.416 e. The van der Waals surface area contributed by atoms with Gasteiger partial charge in [0.2, 0.25) is 0 Å². The topological polar surface area (TPSA) is 3.24 Å². The summed E-state index contributed by atoms with van der Waals surface area (Å²) in [7, 11) is 0. The van der Waals surface area contributed by atoms with Crippen molar-refractivity contribution in [3.63, 3.8) is 0 Å². The van der Waals surface area contributed by atoms with Crippen LogP contribution in [0.25, 0.3) is 0 Å². The van der Waals surface area contributed by atoms with Crippen molar-refractivity contribution in [1.29, 1.82) is 0 Å². The largest absolute Gasteiger partial charge is 0.416 e. The van der Waals surface area contributed by atoms with Crippen molar-refractivity contribution >= 4 is 0 Å². The smallest absolute Gasteiger partial charge is 0.270 e. The molecule has 82 valence electrons. The maximum absolute atomic E-state index is 13.3. The third-order valence-corrected chi connectivity index (χ3v) is 2.36. The van der Waals surface area contributed by atoms with E-state index >= 15 is 0 Å². The Kier molecular flexibility index (Phi) is 3.53. The molecule has 1 rings (SSSR count). The Morgan fingerprint density at radius 2 is 1.64 bits per heavy atom. The first-order chi connectivity index (χ1) is 6.43. The molecule has 1 atom stereocenters. The summed E-state index contributed by atoms with van der Waals surface area (Å²) in [4.78, 5) is 1.19. The molecule has 0 radical (unpaired) electrons. The fourth-order valence-electron chi connectivity index (χ4n) is 1.50. The van der Waals surface area contributed by atoms with Gasteiger partial charge in [0.25, 0.3) is 0 Å². The van der Waals surface area contributed by atoms with Gasteiger partial charge in [0.1, 0.15) is 0 Å². The number of likely N-dealkylation sites (tertiary alicyclic amines) is 1. The molecule has 1 nitrogen and oxygen atoms in total. The van der Waals surface area contributed by atoms with Gasteiger partial charge in [0.05, 0.1) is 5.57 Å². The lowest BCUT2D eigenvalue weighted by Crippen LogP contribution is -2.40. The summed E-state index contributed by atoms with van der Waals surface area (Å²) in [6.07, 6.45) is -4.23. The van der Waals surface area contributed by atoms with E-state index in [0.29, 0.717) is 13.1 Å². The summed E-state index contributed by atoms with van der Waals surface area (Å²) in [6.45, 7) is 3.53. The second-order valence-corrected chi connectivity index (χ2v) is 3.46. The number of halogens is 4. The van der Waals surface area contributed by atoms with E-state index in [9.17, 15) is 17.6 Å². The fraction of sp³-hybridized carbons (Fsp3) is 0.778. The number of rotatable bonds is 2. The predicted molar refractivity (Wildman–Crippen MR) is 45.5 cm³/mol. The summed E-state index contributed by atoms with van der Waals surface area (Å²) >= 11 is 0. The van der Waals surface area contributed by atoms with Crippen molar-refractivity contribution in [2.75, 3.05) is 13.1 Å². The molecule has 1 fully saturated rings. The van der Waals surface area contributed by atoms with Gasteiger partial charge in [-0.15, -0.1) is 0 Å². The molecule has 0 bridgehead atoms. The molecule has 0 aromatic carbocycles. The quantitative estimate of drug-likeness (QED) is 0.385. The van der Waals surface area contributed by atoms with E-state index in [1.165, 1.54) is 4.90 Å². The van der Waals surface area contributed by atoms with Crippen LogP contribution in [0.4, 0.5) is 17.6 Å². The van der Waals surface area contributed by atoms with Gasteiger partial charge in [-0.1, -0.05) is 13.0 Å². The van der Waals surface area contributed by atoms with E-state index in [0.717, 1.165) is 19.3 Å². The van der Waals surface area contributed by atoms with E-state index in [1.54, 1.807) is 0 Å². The first kappa shape index (κ1) is 11.5. The minimum atomic E-state index is -4.63. The van der Waals surface area contributed by atoms with Crippen LogP contribution in [0, 0.1) is 0 Å². The first-order valence-corrected chi connectivity index (χ1v) is 4.57. The molecule has 1 aliphatic rings. The predicted octanol–water partition coefficient (Wildman–Crippen LogP) is 2.89. The Labute approximate surface area is 80.4 Å². The molecule has 0 unspecified atom stereocenters. The average molecular weight is 211 g/mol. The van der Waals surface area contributed by atoms with Gasteiger partial charge < -0.3 is 0 Å².